The SMILES string of the molecule is CC1CN(C(=O)Cc2cccs2)CC(C)N1c1ccccc1. The van der Waals surface area contributed by atoms with E-state index in [1.165, 1.54) is 5.69 Å². The molecule has 2 heterocycles. The molecule has 0 saturated carbocycles. The summed E-state index contributed by atoms with van der Waals surface area (Å²) in [5.41, 5.74) is 1.24. The number of piperazine rings is 1. The van der Waals surface area contributed by atoms with E-state index in [1.54, 1.807) is 11.3 Å². The normalized spacial score (nSPS) is 21.9. The van der Waals surface area contributed by atoms with Crippen molar-refractivity contribution in [3.05, 3.63) is 52.7 Å². The van der Waals surface area contributed by atoms with Crippen LogP contribution in [0.15, 0.2) is 47.8 Å². The summed E-state index contributed by atoms with van der Waals surface area (Å²) in [6, 6.07) is 15.2. The van der Waals surface area contributed by atoms with Crippen LogP contribution in [0.5, 0.6) is 0 Å². The van der Waals surface area contributed by atoms with Gasteiger partial charge in [0.2, 0.25) is 5.91 Å². The van der Waals surface area contributed by atoms with E-state index in [1.807, 2.05) is 28.5 Å². The maximum atomic E-state index is 12.5. The Labute approximate surface area is 136 Å². The molecule has 4 heteroatoms. The van der Waals surface area contributed by atoms with E-state index < -0.39 is 0 Å². The number of hydrogen-bond acceptors (Lipinski definition) is 3. The quantitative estimate of drug-likeness (QED) is 0.867. The van der Waals surface area contributed by atoms with Crippen LogP contribution in [0.2, 0.25) is 0 Å². The Kier molecular flexibility index (Phi) is 4.48. The molecular weight excluding hydrogens is 292 g/mol. The summed E-state index contributed by atoms with van der Waals surface area (Å²) < 4.78 is 0. The number of anilines is 1. The number of hydrogen-bond donors (Lipinski definition) is 0. The van der Waals surface area contributed by atoms with Gasteiger partial charge >= 0.3 is 0 Å². The molecule has 1 aliphatic rings. The minimum Gasteiger partial charge on any atom is -0.363 e. The summed E-state index contributed by atoms with van der Waals surface area (Å²) in [6.45, 7) is 6.00. The van der Waals surface area contributed by atoms with E-state index in [4.69, 9.17) is 0 Å². The summed E-state index contributed by atoms with van der Waals surface area (Å²) >= 11 is 1.66. The number of nitrogens with zero attached hydrogens (tertiary/aromatic N) is 2. The topological polar surface area (TPSA) is 23.6 Å². The number of amides is 1. The molecule has 1 aromatic carbocycles. The zero-order valence-electron chi connectivity index (χ0n) is 13.1. The van der Waals surface area contributed by atoms with Crippen LogP contribution in [0.1, 0.15) is 18.7 Å². The van der Waals surface area contributed by atoms with Crippen LogP contribution in [-0.4, -0.2) is 36.0 Å². The van der Waals surface area contributed by atoms with E-state index in [0.29, 0.717) is 18.5 Å². The first-order chi connectivity index (χ1) is 10.6. The second-order valence-electron chi connectivity index (χ2n) is 6.00. The maximum Gasteiger partial charge on any atom is 0.227 e. The van der Waals surface area contributed by atoms with Gasteiger partial charge in [-0.1, -0.05) is 24.3 Å². The number of benzene rings is 1. The molecule has 3 nitrogen and oxygen atoms in total. The first kappa shape index (κ1) is 15.1. The highest BCUT2D eigenvalue weighted by Crippen LogP contribution is 2.25. The fourth-order valence-electron chi connectivity index (χ4n) is 3.31. The zero-order valence-corrected chi connectivity index (χ0v) is 13.9. The van der Waals surface area contributed by atoms with Gasteiger partial charge in [0.05, 0.1) is 6.42 Å². The molecule has 3 rings (SSSR count). The number of para-hydroxylation sites is 1. The third kappa shape index (κ3) is 3.17. The highest BCUT2D eigenvalue weighted by atomic mass is 32.1. The van der Waals surface area contributed by atoms with Crippen molar-refractivity contribution >= 4 is 22.9 Å². The molecule has 1 fully saturated rings. The van der Waals surface area contributed by atoms with Crippen LogP contribution in [0, 0.1) is 0 Å². The lowest BCUT2D eigenvalue weighted by atomic mass is 10.1. The van der Waals surface area contributed by atoms with Crippen molar-refractivity contribution in [1.82, 2.24) is 4.90 Å². The first-order valence-corrected chi connectivity index (χ1v) is 8.66. The number of thiophene rings is 1. The van der Waals surface area contributed by atoms with Crippen LogP contribution in [0.4, 0.5) is 5.69 Å². The standard InChI is InChI=1S/C18H22N2OS/c1-14-12-19(18(21)11-17-9-6-10-22-17)13-15(2)20(14)16-7-4-3-5-8-16/h3-10,14-15H,11-13H2,1-2H3. The molecule has 2 unspecified atom stereocenters. The second kappa shape index (κ2) is 6.53. The van der Waals surface area contributed by atoms with E-state index in [2.05, 4.69) is 43.0 Å². The summed E-state index contributed by atoms with van der Waals surface area (Å²) in [7, 11) is 0. The first-order valence-electron chi connectivity index (χ1n) is 7.78. The minimum atomic E-state index is 0.244. The van der Waals surface area contributed by atoms with Gasteiger partial charge in [0.25, 0.3) is 0 Å². The molecule has 22 heavy (non-hydrogen) atoms. The molecule has 1 aromatic heterocycles. The van der Waals surface area contributed by atoms with Gasteiger partial charge in [0, 0.05) is 35.7 Å². The largest absolute Gasteiger partial charge is 0.363 e. The van der Waals surface area contributed by atoms with Crippen molar-refractivity contribution < 1.29 is 4.79 Å². The smallest absolute Gasteiger partial charge is 0.227 e. The predicted octanol–water partition coefficient (Wildman–Crippen LogP) is 3.42. The van der Waals surface area contributed by atoms with E-state index in [0.717, 1.165) is 18.0 Å². The van der Waals surface area contributed by atoms with Gasteiger partial charge in [-0.25, -0.2) is 0 Å². The van der Waals surface area contributed by atoms with Crippen LogP contribution < -0.4 is 4.90 Å². The highest BCUT2D eigenvalue weighted by molar-refractivity contribution is 7.10. The summed E-state index contributed by atoms with van der Waals surface area (Å²) in [6.07, 6.45) is 0.530. The molecule has 0 bridgehead atoms. The molecule has 1 amide bonds. The molecule has 116 valence electrons. The Hall–Kier alpha value is -1.81. The van der Waals surface area contributed by atoms with E-state index in [9.17, 15) is 4.79 Å². The third-order valence-corrected chi connectivity index (χ3v) is 5.11. The van der Waals surface area contributed by atoms with Crippen molar-refractivity contribution in [1.29, 1.82) is 0 Å². The fraction of sp³-hybridized carbons (Fsp3) is 0.389. The van der Waals surface area contributed by atoms with Crippen LogP contribution >= 0.6 is 11.3 Å². The molecule has 0 radical (unpaired) electrons. The van der Waals surface area contributed by atoms with E-state index >= 15 is 0 Å². The molecule has 0 spiro atoms. The summed E-state index contributed by atoms with van der Waals surface area (Å²) in [4.78, 5) is 18.1. The highest BCUT2D eigenvalue weighted by Gasteiger charge is 2.31. The number of carbonyl (C=O) groups excluding carboxylic acids is 1. The lowest BCUT2D eigenvalue weighted by Gasteiger charge is -2.46. The number of rotatable bonds is 3. The molecule has 1 saturated heterocycles. The Morgan fingerprint density at radius 1 is 1.09 bits per heavy atom. The van der Waals surface area contributed by atoms with Gasteiger partial charge in [-0.15, -0.1) is 11.3 Å². The molecule has 2 atom stereocenters. The average molecular weight is 314 g/mol. The third-order valence-electron chi connectivity index (χ3n) is 4.23. The van der Waals surface area contributed by atoms with Gasteiger partial charge in [-0.3, -0.25) is 4.79 Å². The number of carbonyl (C=O) groups is 1. The average Bonchev–Trinajstić information content (AvgIpc) is 3.00. The van der Waals surface area contributed by atoms with Crippen LogP contribution in [0.25, 0.3) is 0 Å². The molecular formula is C18H22N2OS. The van der Waals surface area contributed by atoms with Gasteiger partial charge < -0.3 is 9.80 Å². The minimum absolute atomic E-state index is 0.244. The van der Waals surface area contributed by atoms with Gasteiger partial charge in [-0.05, 0) is 37.4 Å². The second-order valence-corrected chi connectivity index (χ2v) is 7.03. The van der Waals surface area contributed by atoms with E-state index in [-0.39, 0.29) is 5.91 Å². The summed E-state index contributed by atoms with van der Waals surface area (Å²) in [5.74, 6) is 0.244. The van der Waals surface area contributed by atoms with Crippen molar-refractivity contribution in [2.24, 2.45) is 0 Å². The molecule has 2 aromatic rings. The maximum absolute atomic E-state index is 12.5. The van der Waals surface area contributed by atoms with Crippen molar-refractivity contribution in [2.45, 2.75) is 32.4 Å². The van der Waals surface area contributed by atoms with Gasteiger partial charge in [0.15, 0.2) is 0 Å². The van der Waals surface area contributed by atoms with Crippen LogP contribution in [0.3, 0.4) is 0 Å². The van der Waals surface area contributed by atoms with Gasteiger partial charge in [0.1, 0.15) is 0 Å². The fourth-order valence-corrected chi connectivity index (χ4v) is 4.01. The Bertz CT molecular complexity index is 599. The molecule has 0 aliphatic carbocycles. The van der Waals surface area contributed by atoms with Gasteiger partial charge in [-0.2, -0.15) is 0 Å². The van der Waals surface area contributed by atoms with Crippen molar-refractivity contribution in [2.75, 3.05) is 18.0 Å². The monoisotopic (exact) mass is 314 g/mol. The Morgan fingerprint density at radius 3 is 2.36 bits per heavy atom. The van der Waals surface area contributed by atoms with Crippen molar-refractivity contribution in [3.63, 3.8) is 0 Å². The lowest BCUT2D eigenvalue weighted by molar-refractivity contribution is -0.131. The Morgan fingerprint density at radius 2 is 1.77 bits per heavy atom. The van der Waals surface area contributed by atoms with Crippen LogP contribution in [-0.2, 0) is 11.2 Å². The zero-order chi connectivity index (χ0) is 15.5. The Balaban J connectivity index is 1.68. The molecule has 1 aliphatic heterocycles. The predicted molar refractivity (Wildman–Crippen MR) is 92.4 cm³/mol. The lowest BCUT2D eigenvalue weighted by Crippen LogP contribution is -2.58. The van der Waals surface area contributed by atoms with Crippen molar-refractivity contribution in [3.8, 4) is 0 Å². The summed E-state index contributed by atoms with van der Waals surface area (Å²) in [5, 5.41) is 2.03. The molecule has 0 N–H and O–H groups in total.